The van der Waals surface area contributed by atoms with E-state index < -0.39 is 0 Å². The summed E-state index contributed by atoms with van der Waals surface area (Å²) in [7, 11) is 1.72. The van der Waals surface area contributed by atoms with Gasteiger partial charge in [0.15, 0.2) is 0 Å². The molecule has 0 aliphatic carbocycles. The Bertz CT molecular complexity index is 221. The van der Waals surface area contributed by atoms with Gasteiger partial charge in [0.05, 0.1) is 0 Å². The number of nitrogens with one attached hydrogen (secondary N) is 2. The van der Waals surface area contributed by atoms with Crippen LogP contribution in [-0.4, -0.2) is 38.8 Å². The molecule has 1 amide bonds. The first kappa shape index (κ1) is 14.5. The van der Waals surface area contributed by atoms with Gasteiger partial charge in [0.25, 0.3) is 0 Å². The number of hydrogen-bond donors (Lipinski definition) is 2. The average Bonchev–Trinajstić information content (AvgIpc) is 2.33. The van der Waals surface area contributed by atoms with Crippen molar-refractivity contribution >= 4 is 5.91 Å². The van der Waals surface area contributed by atoms with E-state index in [9.17, 15) is 4.79 Å². The Labute approximate surface area is 104 Å². The molecule has 1 saturated heterocycles. The highest BCUT2D eigenvalue weighted by Crippen LogP contribution is 2.15. The third kappa shape index (κ3) is 6.03. The van der Waals surface area contributed by atoms with Crippen LogP contribution in [0.1, 0.15) is 39.0 Å². The van der Waals surface area contributed by atoms with E-state index in [0.29, 0.717) is 6.04 Å². The number of piperidine rings is 1. The molecule has 1 aliphatic rings. The lowest BCUT2D eigenvalue weighted by Gasteiger charge is -2.27. The highest BCUT2D eigenvalue weighted by atomic mass is 16.5. The summed E-state index contributed by atoms with van der Waals surface area (Å²) in [6, 6.07) is 0.473. The quantitative estimate of drug-likeness (QED) is 0.662. The van der Waals surface area contributed by atoms with Gasteiger partial charge in [-0.2, -0.15) is 0 Å². The SMILES string of the molecule is COCCCCCNC(=O)C1CCNC(C)C1. The van der Waals surface area contributed by atoms with Crippen LogP contribution in [0.15, 0.2) is 0 Å². The van der Waals surface area contributed by atoms with Crippen molar-refractivity contribution in [1.82, 2.24) is 10.6 Å². The van der Waals surface area contributed by atoms with Gasteiger partial charge in [-0.15, -0.1) is 0 Å². The van der Waals surface area contributed by atoms with E-state index >= 15 is 0 Å². The molecule has 1 rings (SSSR count). The van der Waals surface area contributed by atoms with Crippen molar-refractivity contribution in [2.45, 2.75) is 45.1 Å². The highest BCUT2D eigenvalue weighted by Gasteiger charge is 2.23. The summed E-state index contributed by atoms with van der Waals surface area (Å²) in [4.78, 5) is 11.9. The van der Waals surface area contributed by atoms with Crippen molar-refractivity contribution in [2.75, 3.05) is 26.8 Å². The third-order valence-electron chi connectivity index (χ3n) is 3.32. The van der Waals surface area contributed by atoms with Gasteiger partial charge in [0.1, 0.15) is 0 Å². The van der Waals surface area contributed by atoms with Gasteiger partial charge in [-0.3, -0.25) is 4.79 Å². The van der Waals surface area contributed by atoms with Gasteiger partial charge >= 0.3 is 0 Å². The van der Waals surface area contributed by atoms with Crippen LogP contribution in [0.25, 0.3) is 0 Å². The maximum Gasteiger partial charge on any atom is 0.223 e. The molecule has 1 aliphatic heterocycles. The first-order valence-corrected chi connectivity index (χ1v) is 6.74. The zero-order valence-electron chi connectivity index (χ0n) is 11.1. The normalized spacial score (nSPS) is 24.6. The Morgan fingerprint density at radius 1 is 1.41 bits per heavy atom. The largest absolute Gasteiger partial charge is 0.385 e. The van der Waals surface area contributed by atoms with E-state index in [4.69, 9.17) is 4.74 Å². The van der Waals surface area contributed by atoms with E-state index in [1.807, 2.05) is 0 Å². The summed E-state index contributed by atoms with van der Waals surface area (Å²) in [5, 5.41) is 6.41. The number of amides is 1. The monoisotopic (exact) mass is 242 g/mol. The Balaban J connectivity index is 2.04. The molecule has 100 valence electrons. The van der Waals surface area contributed by atoms with Crippen LogP contribution in [0.3, 0.4) is 0 Å². The highest BCUT2D eigenvalue weighted by molar-refractivity contribution is 5.78. The Morgan fingerprint density at radius 2 is 2.24 bits per heavy atom. The minimum atomic E-state index is 0.213. The van der Waals surface area contributed by atoms with Crippen LogP contribution in [0.2, 0.25) is 0 Å². The second-order valence-electron chi connectivity index (χ2n) is 4.92. The topological polar surface area (TPSA) is 50.4 Å². The van der Waals surface area contributed by atoms with Gasteiger partial charge in [-0.05, 0) is 45.6 Å². The van der Waals surface area contributed by atoms with Crippen molar-refractivity contribution in [2.24, 2.45) is 5.92 Å². The Hall–Kier alpha value is -0.610. The van der Waals surface area contributed by atoms with Crippen LogP contribution >= 0.6 is 0 Å². The van der Waals surface area contributed by atoms with Gasteiger partial charge in [0, 0.05) is 32.2 Å². The van der Waals surface area contributed by atoms with E-state index in [2.05, 4.69) is 17.6 Å². The maximum absolute atomic E-state index is 11.9. The molecule has 4 nitrogen and oxygen atoms in total. The van der Waals surface area contributed by atoms with Crippen LogP contribution in [0.4, 0.5) is 0 Å². The molecular weight excluding hydrogens is 216 g/mol. The first-order chi connectivity index (χ1) is 8.24. The smallest absolute Gasteiger partial charge is 0.223 e. The van der Waals surface area contributed by atoms with E-state index in [1.165, 1.54) is 0 Å². The summed E-state index contributed by atoms with van der Waals surface area (Å²) in [6.45, 7) is 4.73. The number of rotatable bonds is 7. The summed E-state index contributed by atoms with van der Waals surface area (Å²) in [5.41, 5.74) is 0. The van der Waals surface area contributed by atoms with Crippen LogP contribution in [-0.2, 0) is 9.53 Å². The van der Waals surface area contributed by atoms with Crippen LogP contribution in [0.5, 0.6) is 0 Å². The van der Waals surface area contributed by atoms with E-state index in [1.54, 1.807) is 7.11 Å². The first-order valence-electron chi connectivity index (χ1n) is 6.74. The fraction of sp³-hybridized carbons (Fsp3) is 0.923. The molecule has 17 heavy (non-hydrogen) atoms. The third-order valence-corrected chi connectivity index (χ3v) is 3.32. The zero-order chi connectivity index (χ0) is 12.5. The predicted molar refractivity (Wildman–Crippen MR) is 68.9 cm³/mol. The summed E-state index contributed by atoms with van der Waals surface area (Å²) in [6.07, 6.45) is 5.19. The number of methoxy groups -OCH3 is 1. The summed E-state index contributed by atoms with van der Waals surface area (Å²) >= 11 is 0. The lowest BCUT2D eigenvalue weighted by Crippen LogP contribution is -2.42. The fourth-order valence-corrected chi connectivity index (χ4v) is 2.27. The molecule has 0 saturated carbocycles. The molecule has 1 fully saturated rings. The summed E-state index contributed by atoms with van der Waals surface area (Å²) in [5.74, 6) is 0.454. The van der Waals surface area contributed by atoms with Crippen LogP contribution < -0.4 is 10.6 Å². The number of carbonyl (C=O) groups is 1. The molecule has 1 heterocycles. The number of carbonyl (C=O) groups excluding carboxylic acids is 1. The second kappa shape index (κ2) is 8.48. The van der Waals surface area contributed by atoms with Crippen LogP contribution in [0, 0.1) is 5.92 Å². The van der Waals surface area contributed by atoms with Crippen molar-refractivity contribution < 1.29 is 9.53 Å². The number of ether oxygens (including phenoxy) is 1. The fourth-order valence-electron chi connectivity index (χ4n) is 2.27. The lowest BCUT2D eigenvalue weighted by atomic mass is 9.92. The van der Waals surface area contributed by atoms with Gasteiger partial charge < -0.3 is 15.4 Å². The molecule has 4 heteroatoms. The zero-order valence-corrected chi connectivity index (χ0v) is 11.1. The van der Waals surface area contributed by atoms with E-state index in [-0.39, 0.29) is 11.8 Å². The molecule has 2 N–H and O–H groups in total. The molecule has 2 unspecified atom stereocenters. The molecule has 0 aromatic rings. The number of unbranched alkanes of at least 4 members (excludes halogenated alkanes) is 2. The minimum absolute atomic E-state index is 0.213. The molecule has 0 aromatic carbocycles. The molecular formula is C13H26N2O2. The summed E-state index contributed by atoms with van der Waals surface area (Å²) < 4.78 is 4.98. The van der Waals surface area contributed by atoms with Crippen molar-refractivity contribution in [3.63, 3.8) is 0 Å². The molecule has 0 spiro atoms. The Kier molecular flexibility index (Phi) is 7.21. The second-order valence-corrected chi connectivity index (χ2v) is 4.92. The standard InChI is InChI=1S/C13H26N2O2/c1-11-10-12(6-8-14-11)13(16)15-7-4-3-5-9-17-2/h11-12,14H,3-10H2,1-2H3,(H,15,16). The minimum Gasteiger partial charge on any atom is -0.385 e. The van der Waals surface area contributed by atoms with Crippen molar-refractivity contribution in [3.05, 3.63) is 0 Å². The maximum atomic E-state index is 11.9. The molecule has 0 bridgehead atoms. The Morgan fingerprint density at radius 3 is 2.94 bits per heavy atom. The van der Waals surface area contributed by atoms with E-state index in [0.717, 1.165) is 51.8 Å². The molecule has 2 atom stereocenters. The lowest BCUT2D eigenvalue weighted by molar-refractivity contribution is -0.126. The molecule has 0 aromatic heterocycles. The predicted octanol–water partition coefficient (Wildman–Crippen LogP) is 1.31. The molecule has 0 radical (unpaired) electrons. The van der Waals surface area contributed by atoms with Gasteiger partial charge in [-0.1, -0.05) is 0 Å². The van der Waals surface area contributed by atoms with Gasteiger partial charge in [0.2, 0.25) is 5.91 Å². The number of hydrogen-bond acceptors (Lipinski definition) is 3. The van der Waals surface area contributed by atoms with Gasteiger partial charge in [-0.25, -0.2) is 0 Å². The van der Waals surface area contributed by atoms with Crippen molar-refractivity contribution in [3.8, 4) is 0 Å². The average molecular weight is 242 g/mol. The van der Waals surface area contributed by atoms with Crippen molar-refractivity contribution in [1.29, 1.82) is 0 Å².